The third-order valence-corrected chi connectivity index (χ3v) is 3.59. The van der Waals surface area contributed by atoms with Gasteiger partial charge in [0.2, 0.25) is 0 Å². The lowest BCUT2D eigenvalue weighted by Crippen LogP contribution is -2.14. The van der Waals surface area contributed by atoms with Gasteiger partial charge in [-0.3, -0.25) is 4.79 Å². The fraction of sp³-hybridized carbons (Fsp3) is 0.300. The van der Waals surface area contributed by atoms with Crippen molar-refractivity contribution in [3.63, 3.8) is 0 Å². The van der Waals surface area contributed by atoms with Crippen molar-refractivity contribution in [2.45, 2.75) is 11.8 Å². The molecule has 0 spiro atoms. The van der Waals surface area contributed by atoms with Crippen molar-refractivity contribution in [2.24, 2.45) is 0 Å². The summed E-state index contributed by atoms with van der Waals surface area (Å²) in [5.74, 6) is -0.719. The molecule has 2 N–H and O–H groups in total. The maximum Gasteiger partial charge on any atom is 0.302 e. The fourth-order valence-corrected chi connectivity index (χ4v) is 2.18. The van der Waals surface area contributed by atoms with Crippen LogP contribution in [-0.2, 0) is 19.4 Å². The number of hydrogen-bond acceptors (Lipinski definition) is 5. The minimum Gasteiger partial charge on any atom is -0.465 e. The summed E-state index contributed by atoms with van der Waals surface area (Å²) in [6.45, 7) is 1.10. The minimum absolute atomic E-state index is 0.137. The van der Waals surface area contributed by atoms with Gasteiger partial charge in [-0.15, -0.1) is 0 Å². The smallest absolute Gasteiger partial charge is 0.302 e. The molecule has 6 heteroatoms. The third kappa shape index (κ3) is 3.54. The molecule has 0 aromatic heterocycles. The second kappa shape index (κ2) is 4.98. The van der Waals surface area contributed by atoms with Gasteiger partial charge in [-0.25, -0.2) is 8.42 Å². The quantitative estimate of drug-likeness (QED) is 0.618. The van der Waals surface area contributed by atoms with E-state index in [1.54, 1.807) is 0 Å². The lowest BCUT2D eigenvalue weighted by molar-refractivity contribution is -0.140. The van der Waals surface area contributed by atoms with Gasteiger partial charge in [0.1, 0.15) is 6.61 Å². The Morgan fingerprint density at radius 3 is 2.38 bits per heavy atom. The zero-order valence-electron chi connectivity index (χ0n) is 8.84. The van der Waals surface area contributed by atoms with Crippen LogP contribution in [0.5, 0.6) is 0 Å². The van der Waals surface area contributed by atoms with Crippen molar-refractivity contribution in [3.8, 4) is 0 Å². The molecule has 0 aliphatic heterocycles. The Morgan fingerprint density at radius 2 is 1.88 bits per heavy atom. The SMILES string of the molecule is CC(=O)OCCS(=O)(=O)c1ccc(N)cc1. The first kappa shape index (κ1) is 12.5. The van der Waals surface area contributed by atoms with Crippen LogP contribution in [0.1, 0.15) is 6.92 Å². The van der Waals surface area contributed by atoms with Crippen molar-refractivity contribution in [2.75, 3.05) is 18.1 Å². The predicted molar refractivity (Wildman–Crippen MR) is 59.5 cm³/mol. The number of carbonyl (C=O) groups is 1. The first-order valence-corrected chi connectivity index (χ1v) is 6.29. The van der Waals surface area contributed by atoms with E-state index < -0.39 is 15.8 Å². The molecule has 0 aliphatic carbocycles. The zero-order valence-corrected chi connectivity index (χ0v) is 9.66. The standard InChI is InChI=1S/C10H13NO4S/c1-8(12)15-6-7-16(13,14)10-4-2-9(11)3-5-10/h2-5H,6-7,11H2,1H3. The van der Waals surface area contributed by atoms with E-state index >= 15 is 0 Å². The Labute approximate surface area is 94.1 Å². The minimum atomic E-state index is -3.41. The molecule has 0 atom stereocenters. The molecule has 0 amide bonds. The van der Waals surface area contributed by atoms with Crippen LogP contribution in [0.15, 0.2) is 29.2 Å². The van der Waals surface area contributed by atoms with Gasteiger partial charge in [0, 0.05) is 12.6 Å². The molecule has 1 rings (SSSR count). The predicted octanol–water partition coefficient (Wildman–Crippen LogP) is 0.606. The fourth-order valence-electron chi connectivity index (χ4n) is 1.09. The Hall–Kier alpha value is -1.56. The number of anilines is 1. The lowest BCUT2D eigenvalue weighted by Gasteiger charge is -2.04. The van der Waals surface area contributed by atoms with Gasteiger partial charge in [0.25, 0.3) is 0 Å². The van der Waals surface area contributed by atoms with Crippen LogP contribution in [0.4, 0.5) is 5.69 Å². The monoisotopic (exact) mass is 243 g/mol. The summed E-state index contributed by atoms with van der Waals surface area (Å²) in [6, 6.07) is 5.88. The number of carbonyl (C=O) groups excluding carboxylic acids is 1. The van der Waals surface area contributed by atoms with Crippen LogP contribution in [-0.4, -0.2) is 26.7 Å². The first-order valence-electron chi connectivity index (χ1n) is 4.63. The molecule has 0 unspecified atom stereocenters. The highest BCUT2D eigenvalue weighted by molar-refractivity contribution is 7.91. The van der Waals surface area contributed by atoms with Crippen LogP contribution in [0, 0.1) is 0 Å². The van der Waals surface area contributed by atoms with Crippen LogP contribution >= 0.6 is 0 Å². The van der Waals surface area contributed by atoms with Crippen LogP contribution in [0.3, 0.4) is 0 Å². The third-order valence-electron chi connectivity index (χ3n) is 1.90. The Morgan fingerprint density at radius 1 is 1.31 bits per heavy atom. The van der Waals surface area contributed by atoms with Gasteiger partial charge >= 0.3 is 5.97 Å². The van der Waals surface area contributed by atoms with Crippen LogP contribution in [0.2, 0.25) is 0 Å². The number of esters is 1. The topological polar surface area (TPSA) is 86.5 Å². The number of ether oxygens (including phenoxy) is 1. The van der Waals surface area contributed by atoms with E-state index in [2.05, 4.69) is 4.74 Å². The Balaban J connectivity index is 2.71. The van der Waals surface area contributed by atoms with Crippen molar-refractivity contribution in [3.05, 3.63) is 24.3 Å². The molecule has 0 fully saturated rings. The molecule has 0 heterocycles. The molecule has 0 saturated heterocycles. The summed E-state index contributed by atoms with van der Waals surface area (Å²) in [7, 11) is -3.41. The van der Waals surface area contributed by atoms with Gasteiger partial charge in [-0.05, 0) is 24.3 Å². The summed E-state index contributed by atoms with van der Waals surface area (Å²) in [5.41, 5.74) is 5.94. The van der Waals surface area contributed by atoms with Crippen LogP contribution in [0.25, 0.3) is 0 Å². The molecule has 16 heavy (non-hydrogen) atoms. The average molecular weight is 243 g/mol. The van der Waals surface area contributed by atoms with Crippen molar-refractivity contribution in [1.82, 2.24) is 0 Å². The molecule has 5 nitrogen and oxygen atoms in total. The number of sulfone groups is 1. The molecule has 0 aliphatic rings. The van der Waals surface area contributed by atoms with Gasteiger partial charge in [0.15, 0.2) is 9.84 Å². The van der Waals surface area contributed by atoms with Gasteiger partial charge in [-0.1, -0.05) is 0 Å². The number of nitrogens with two attached hydrogens (primary N) is 1. The molecule has 88 valence electrons. The van der Waals surface area contributed by atoms with E-state index in [1.807, 2.05) is 0 Å². The molecule has 0 saturated carbocycles. The number of hydrogen-bond donors (Lipinski definition) is 1. The van der Waals surface area contributed by atoms with Gasteiger partial charge in [0.05, 0.1) is 10.6 Å². The summed E-state index contributed by atoms with van der Waals surface area (Å²) >= 11 is 0. The van der Waals surface area contributed by atoms with Crippen LogP contribution < -0.4 is 5.73 Å². The molecule has 0 bridgehead atoms. The number of nitrogen functional groups attached to an aromatic ring is 1. The average Bonchev–Trinajstić information content (AvgIpc) is 2.17. The maximum absolute atomic E-state index is 11.7. The van der Waals surface area contributed by atoms with Gasteiger partial charge in [-0.2, -0.15) is 0 Å². The normalized spacial score (nSPS) is 11.1. The second-order valence-corrected chi connectivity index (χ2v) is 5.34. The highest BCUT2D eigenvalue weighted by Gasteiger charge is 2.14. The number of rotatable bonds is 4. The van der Waals surface area contributed by atoms with Crippen molar-refractivity contribution < 1.29 is 17.9 Å². The highest BCUT2D eigenvalue weighted by Crippen LogP contribution is 2.13. The van der Waals surface area contributed by atoms with Gasteiger partial charge < -0.3 is 10.5 Å². The van der Waals surface area contributed by atoms with E-state index in [4.69, 9.17) is 5.73 Å². The van der Waals surface area contributed by atoms with E-state index in [1.165, 1.54) is 31.2 Å². The summed E-state index contributed by atoms with van der Waals surface area (Å²) < 4.78 is 28.0. The lowest BCUT2D eigenvalue weighted by atomic mass is 10.3. The first-order chi connectivity index (χ1) is 7.42. The van der Waals surface area contributed by atoms with Crippen molar-refractivity contribution >= 4 is 21.5 Å². The molecular weight excluding hydrogens is 230 g/mol. The summed E-state index contributed by atoms with van der Waals surface area (Å²) in [5, 5.41) is 0. The summed E-state index contributed by atoms with van der Waals surface area (Å²) in [6.07, 6.45) is 0. The highest BCUT2D eigenvalue weighted by atomic mass is 32.2. The van der Waals surface area contributed by atoms with E-state index in [9.17, 15) is 13.2 Å². The van der Waals surface area contributed by atoms with E-state index in [-0.39, 0.29) is 17.3 Å². The zero-order chi connectivity index (χ0) is 12.2. The second-order valence-electron chi connectivity index (χ2n) is 3.23. The Kier molecular flexibility index (Phi) is 3.89. The summed E-state index contributed by atoms with van der Waals surface area (Å²) in [4.78, 5) is 10.7. The molecule has 1 aromatic rings. The van der Waals surface area contributed by atoms with E-state index in [0.29, 0.717) is 5.69 Å². The maximum atomic E-state index is 11.7. The van der Waals surface area contributed by atoms with E-state index in [0.717, 1.165) is 0 Å². The van der Waals surface area contributed by atoms with Crippen molar-refractivity contribution in [1.29, 1.82) is 0 Å². The molecule has 0 radical (unpaired) electrons. The molecule has 1 aromatic carbocycles. The Bertz CT molecular complexity index is 464. The largest absolute Gasteiger partial charge is 0.465 e. The number of benzene rings is 1. The molecular formula is C10H13NO4S.